The van der Waals surface area contributed by atoms with E-state index >= 15 is 0 Å². The molecule has 0 spiro atoms. The highest BCUT2D eigenvalue weighted by Crippen LogP contribution is 2.30. The van der Waals surface area contributed by atoms with Gasteiger partial charge in [0, 0.05) is 0 Å². The second kappa shape index (κ2) is 2.30. The normalized spacial score (nSPS) is 32.9. The van der Waals surface area contributed by atoms with Crippen molar-refractivity contribution >= 4 is 11.8 Å². The van der Waals surface area contributed by atoms with E-state index < -0.39 is 0 Å². The number of carbonyl (C=O) groups is 2. The Morgan fingerprint density at radius 2 is 2.08 bits per heavy atom. The largest absolute Gasteiger partial charge is 0.295 e. The number of imide groups is 1. The van der Waals surface area contributed by atoms with Gasteiger partial charge in [-0.15, -0.1) is 0 Å². The Balaban J connectivity index is 2.41. The average molecular weight is 163 g/mol. The van der Waals surface area contributed by atoms with Gasteiger partial charge in [-0.25, -0.2) is 0 Å². The second-order valence-electron chi connectivity index (χ2n) is 3.15. The van der Waals surface area contributed by atoms with Crippen molar-refractivity contribution in [1.29, 1.82) is 0 Å². The number of carbonyl (C=O) groups excluding carboxylic acids is 2. The van der Waals surface area contributed by atoms with Crippen LogP contribution in [0.1, 0.15) is 6.92 Å². The number of amides is 2. The molecule has 2 rings (SSSR count). The van der Waals surface area contributed by atoms with Gasteiger partial charge in [-0.05, 0) is 6.92 Å². The van der Waals surface area contributed by atoms with Crippen molar-refractivity contribution in [3.05, 3.63) is 23.8 Å². The fourth-order valence-electron chi connectivity index (χ4n) is 1.72. The molecule has 0 bridgehead atoms. The molecular weight excluding hydrogens is 154 g/mol. The van der Waals surface area contributed by atoms with Gasteiger partial charge in [0.2, 0.25) is 11.8 Å². The van der Waals surface area contributed by atoms with E-state index in [9.17, 15) is 9.59 Å². The zero-order valence-electron chi connectivity index (χ0n) is 6.70. The molecule has 3 nitrogen and oxygen atoms in total. The monoisotopic (exact) mass is 163 g/mol. The summed E-state index contributed by atoms with van der Waals surface area (Å²) in [6, 6.07) is 0. The van der Waals surface area contributed by atoms with Gasteiger partial charge in [-0.2, -0.15) is 0 Å². The van der Waals surface area contributed by atoms with Crippen LogP contribution < -0.4 is 5.32 Å². The van der Waals surface area contributed by atoms with E-state index in [1.807, 2.05) is 19.1 Å². The molecule has 0 saturated carbocycles. The summed E-state index contributed by atoms with van der Waals surface area (Å²) < 4.78 is 0. The molecule has 1 fully saturated rings. The Hall–Kier alpha value is -1.38. The molecule has 12 heavy (non-hydrogen) atoms. The lowest BCUT2D eigenvalue weighted by Gasteiger charge is -2.15. The summed E-state index contributed by atoms with van der Waals surface area (Å²) in [5.41, 5.74) is 0.964. The Morgan fingerprint density at radius 3 is 2.75 bits per heavy atom. The molecule has 62 valence electrons. The SMILES string of the molecule is CC1=CC=CC2C(=O)NC(=O)C12. The van der Waals surface area contributed by atoms with E-state index in [1.54, 1.807) is 6.08 Å². The molecule has 0 aromatic rings. The smallest absolute Gasteiger partial charge is 0.234 e. The first kappa shape index (κ1) is 7.28. The molecule has 2 unspecified atom stereocenters. The van der Waals surface area contributed by atoms with Crippen molar-refractivity contribution < 1.29 is 9.59 Å². The Morgan fingerprint density at radius 1 is 1.33 bits per heavy atom. The lowest BCUT2D eigenvalue weighted by molar-refractivity contribution is -0.125. The Kier molecular flexibility index (Phi) is 1.40. The molecule has 1 saturated heterocycles. The van der Waals surface area contributed by atoms with Crippen molar-refractivity contribution in [2.45, 2.75) is 6.92 Å². The van der Waals surface area contributed by atoms with Crippen LogP contribution in [0.4, 0.5) is 0 Å². The number of fused-ring (bicyclic) bond motifs is 1. The fourth-order valence-corrected chi connectivity index (χ4v) is 1.72. The zero-order valence-corrected chi connectivity index (χ0v) is 6.70. The molecule has 1 heterocycles. The van der Waals surface area contributed by atoms with Crippen molar-refractivity contribution in [3.8, 4) is 0 Å². The molecule has 1 aliphatic carbocycles. The summed E-state index contributed by atoms with van der Waals surface area (Å²) in [5.74, 6) is -0.846. The molecular formula is C9H9NO2. The molecule has 2 atom stereocenters. The lowest BCUT2D eigenvalue weighted by Crippen LogP contribution is -2.22. The minimum atomic E-state index is -0.262. The second-order valence-corrected chi connectivity index (χ2v) is 3.15. The van der Waals surface area contributed by atoms with Crippen LogP contribution in [0.2, 0.25) is 0 Å². The van der Waals surface area contributed by atoms with E-state index in [0.29, 0.717) is 0 Å². The first-order valence-corrected chi connectivity index (χ1v) is 3.90. The van der Waals surface area contributed by atoms with Crippen LogP contribution in [0, 0.1) is 11.8 Å². The Labute approximate surface area is 70.1 Å². The zero-order chi connectivity index (χ0) is 8.72. The summed E-state index contributed by atoms with van der Waals surface area (Å²) in [6.07, 6.45) is 5.48. The van der Waals surface area contributed by atoms with Crippen LogP contribution in [0.3, 0.4) is 0 Å². The van der Waals surface area contributed by atoms with Crippen molar-refractivity contribution in [1.82, 2.24) is 5.32 Å². The number of hydrogen-bond acceptors (Lipinski definition) is 2. The van der Waals surface area contributed by atoms with Crippen LogP contribution in [0.25, 0.3) is 0 Å². The molecule has 0 aromatic carbocycles. The molecule has 1 N–H and O–H groups in total. The van der Waals surface area contributed by atoms with E-state index in [2.05, 4.69) is 5.32 Å². The van der Waals surface area contributed by atoms with Crippen molar-refractivity contribution in [2.75, 3.05) is 0 Å². The molecule has 3 heteroatoms. The number of hydrogen-bond donors (Lipinski definition) is 1. The highest BCUT2D eigenvalue weighted by molar-refractivity contribution is 6.07. The predicted octanol–water partition coefficient (Wildman–Crippen LogP) is 0.391. The maximum absolute atomic E-state index is 11.2. The lowest BCUT2D eigenvalue weighted by atomic mass is 9.85. The summed E-state index contributed by atoms with van der Waals surface area (Å²) in [5, 5.41) is 2.32. The maximum Gasteiger partial charge on any atom is 0.234 e. The molecule has 2 amide bonds. The van der Waals surface area contributed by atoms with Gasteiger partial charge in [0.05, 0.1) is 11.8 Å². The van der Waals surface area contributed by atoms with E-state index in [0.717, 1.165) is 5.57 Å². The predicted molar refractivity (Wildman–Crippen MR) is 43.0 cm³/mol. The standard InChI is InChI=1S/C9H9NO2/c1-5-3-2-4-6-7(5)9(12)10-8(6)11/h2-4,6-7H,1H3,(H,10,11,12). The van der Waals surface area contributed by atoms with Gasteiger partial charge in [-0.1, -0.05) is 23.8 Å². The van der Waals surface area contributed by atoms with Gasteiger partial charge < -0.3 is 0 Å². The van der Waals surface area contributed by atoms with E-state index in [1.165, 1.54) is 0 Å². The highest BCUT2D eigenvalue weighted by Gasteiger charge is 2.41. The minimum absolute atomic E-state index is 0.164. The maximum atomic E-state index is 11.2. The quantitative estimate of drug-likeness (QED) is 0.525. The van der Waals surface area contributed by atoms with Crippen LogP contribution in [0.5, 0.6) is 0 Å². The van der Waals surface area contributed by atoms with Crippen LogP contribution >= 0.6 is 0 Å². The van der Waals surface area contributed by atoms with Gasteiger partial charge in [0.25, 0.3) is 0 Å². The Bertz CT molecular complexity index is 314. The molecule has 0 aromatic heterocycles. The molecule has 0 radical (unpaired) electrons. The van der Waals surface area contributed by atoms with Crippen molar-refractivity contribution in [3.63, 3.8) is 0 Å². The molecule has 2 aliphatic rings. The first-order valence-electron chi connectivity index (χ1n) is 3.90. The topological polar surface area (TPSA) is 46.2 Å². The third-order valence-corrected chi connectivity index (χ3v) is 2.36. The molecule has 1 aliphatic heterocycles. The van der Waals surface area contributed by atoms with E-state index in [4.69, 9.17) is 0 Å². The van der Waals surface area contributed by atoms with Crippen molar-refractivity contribution in [2.24, 2.45) is 11.8 Å². The van der Waals surface area contributed by atoms with Gasteiger partial charge in [0.15, 0.2) is 0 Å². The minimum Gasteiger partial charge on any atom is -0.295 e. The number of rotatable bonds is 0. The first-order chi connectivity index (χ1) is 5.70. The van der Waals surface area contributed by atoms with Gasteiger partial charge in [-0.3, -0.25) is 14.9 Å². The third-order valence-electron chi connectivity index (χ3n) is 2.36. The van der Waals surface area contributed by atoms with Crippen LogP contribution in [-0.4, -0.2) is 11.8 Å². The van der Waals surface area contributed by atoms with Crippen LogP contribution in [-0.2, 0) is 9.59 Å². The average Bonchev–Trinajstić information content (AvgIpc) is 2.29. The summed E-state index contributed by atoms with van der Waals surface area (Å²) >= 11 is 0. The van der Waals surface area contributed by atoms with Gasteiger partial charge in [0.1, 0.15) is 0 Å². The summed E-state index contributed by atoms with van der Waals surface area (Å²) in [7, 11) is 0. The highest BCUT2D eigenvalue weighted by atomic mass is 16.2. The van der Waals surface area contributed by atoms with Crippen LogP contribution in [0.15, 0.2) is 23.8 Å². The summed E-state index contributed by atoms with van der Waals surface area (Å²) in [4.78, 5) is 22.4. The fraction of sp³-hybridized carbons (Fsp3) is 0.333. The van der Waals surface area contributed by atoms with Gasteiger partial charge >= 0.3 is 0 Å². The summed E-state index contributed by atoms with van der Waals surface area (Å²) in [6.45, 7) is 1.87. The third kappa shape index (κ3) is 0.826. The number of nitrogens with one attached hydrogen (secondary N) is 1. The van der Waals surface area contributed by atoms with E-state index in [-0.39, 0.29) is 23.7 Å². The number of allylic oxidation sites excluding steroid dienone is 2.